The lowest BCUT2D eigenvalue weighted by molar-refractivity contribution is -0.121. The number of aryl methyl sites for hydroxylation is 1. The molecule has 1 unspecified atom stereocenters. The van der Waals surface area contributed by atoms with Crippen LogP contribution in [0.2, 0.25) is 0 Å². The number of amides is 1. The van der Waals surface area contributed by atoms with Crippen molar-refractivity contribution in [2.24, 2.45) is 5.92 Å². The Morgan fingerprint density at radius 1 is 1.20 bits per heavy atom. The molecule has 1 rings (SSSR count). The Morgan fingerprint density at radius 2 is 1.85 bits per heavy atom. The zero-order valence-corrected chi connectivity index (χ0v) is 14.2. The van der Waals surface area contributed by atoms with Crippen LogP contribution in [0.5, 0.6) is 0 Å². The summed E-state index contributed by atoms with van der Waals surface area (Å²) in [5, 5.41) is 3.03. The smallest absolute Gasteiger partial charge is 0.220 e. The quantitative estimate of drug-likeness (QED) is 0.666. The average Bonchev–Trinajstić information content (AvgIpc) is 2.47. The number of benzene rings is 1. The summed E-state index contributed by atoms with van der Waals surface area (Å²) in [6.45, 7) is 5.13. The minimum atomic E-state index is 0.163. The van der Waals surface area contributed by atoms with Crippen molar-refractivity contribution in [1.29, 1.82) is 0 Å². The fourth-order valence-electron chi connectivity index (χ4n) is 2.36. The van der Waals surface area contributed by atoms with Gasteiger partial charge in [0.15, 0.2) is 0 Å². The van der Waals surface area contributed by atoms with Crippen molar-refractivity contribution in [2.75, 3.05) is 6.54 Å². The first-order valence-electron chi connectivity index (χ1n) is 7.62. The van der Waals surface area contributed by atoms with E-state index >= 15 is 0 Å². The topological polar surface area (TPSA) is 29.1 Å². The number of alkyl halides is 1. The van der Waals surface area contributed by atoms with Gasteiger partial charge in [-0.3, -0.25) is 4.79 Å². The van der Waals surface area contributed by atoms with Gasteiger partial charge >= 0.3 is 0 Å². The van der Waals surface area contributed by atoms with Gasteiger partial charge in [0, 0.05) is 17.8 Å². The molecule has 0 heterocycles. The van der Waals surface area contributed by atoms with Gasteiger partial charge in [0.1, 0.15) is 0 Å². The minimum absolute atomic E-state index is 0.163. The number of halogens is 1. The summed E-state index contributed by atoms with van der Waals surface area (Å²) in [7, 11) is 0. The highest BCUT2D eigenvalue weighted by molar-refractivity contribution is 9.09. The summed E-state index contributed by atoms with van der Waals surface area (Å²) in [6.07, 6.45) is 4.79. The Bertz CT molecular complexity index is 376. The number of hydrogen-bond acceptors (Lipinski definition) is 1. The summed E-state index contributed by atoms with van der Waals surface area (Å²) in [5.41, 5.74) is 1.30. The summed E-state index contributed by atoms with van der Waals surface area (Å²) >= 11 is 3.68. The predicted octanol–water partition coefficient (Wildman–Crippen LogP) is 4.33. The van der Waals surface area contributed by atoms with Crippen LogP contribution in [-0.2, 0) is 11.2 Å². The fourth-order valence-corrected chi connectivity index (χ4v) is 3.27. The summed E-state index contributed by atoms with van der Waals surface area (Å²) in [5.74, 6) is 0.802. The molecule has 112 valence electrons. The van der Waals surface area contributed by atoms with Gasteiger partial charge in [-0.05, 0) is 24.3 Å². The molecule has 0 saturated heterocycles. The van der Waals surface area contributed by atoms with Crippen LogP contribution in [0.4, 0.5) is 0 Å². The van der Waals surface area contributed by atoms with Crippen LogP contribution in [0.3, 0.4) is 0 Å². The summed E-state index contributed by atoms with van der Waals surface area (Å²) < 4.78 is 0. The van der Waals surface area contributed by atoms with E-state index in [-0.39, 0.29) is 5.91 Å². The van der Waals surface area contributed by atoms with Gasteiger partial charge in [-0.15, -0.1) is 0 Å². The van der Waals surface area contributed by atoms with Crippen molar-refractivity contribution < 1.29 is 4.79 Å². The first-order chi connectivity index (χ1) is 9.67. The van der Waals surface area contributed by atoms with Gasteiger partial charge in [-0.2, -0.15) is 0 Å². The van der Waals surface area contributed by atoms with Crippen LogP contribution in [0.15, 0.2) is 30.3 Å². The molecule has 1 N–H and O–H groups in total. The first kappa shape index (κ1) is 17.2. The molecule has 0 aromatic heterocycles. The van der Waals surface area contributed by atoms with E-state index < -0.39 is 0 Å². The van der Waals surface area contributed by atoms with E-state index in [0.29, 0.717) is 17.2 Å². The number of rotatable bonds is 9. The molecule has 1 aromatic rings. The number of carbonyl (C=O) groups excluding carboxylic acids is 1. The Labute approximate surface area is 131 Å². The van der Waals surface area contributed by atoms with Gasteiger partial charge in [0.05, 0.1) is 0 Å². The van der Waals surface area contributed by atoms with Crippen LogP contribution < -0.4 is 5.32 Å². The monoisotopic (exact) mass is 339 g/mol. The van der Waals surface area contributed by atoms with Crippen molar-refractivity contribution in [3.05, 3.63) is 35.9 Å². The highest BCUT2D eigenvalue weighted by Gasteiger charge is 2.15. The van der Waals surface area contributed by atoms with E-state index in [4.69, 9.17) is 0 Å². The summed E-state index contributed by atoms with van der Waals surface area (Å²) in [6, 6.07) is 10.3. The Balaban J connectivity index is 2.17. The van der Waals surface area contributed by atoms with E-state index in [1.165, 1.54) is 5.56 Å². The van der Waals surface area contributed by atoms with Gasteiger partial charge < -0.3 is 5.32 Å². The number of nitrogens with one attached hydrogen (secondary N) is 1. The maximum atomic E-state index is 11.8. The van der Waals surface area contributed by atoms with E-state index in [2.05, 4.69) is 47.2 Å². The lowest BCUT2D eigenvalue weighted by Gasteiger charge is -2.19. The second-order valence-electron chi connectivity index (χ2n) is 5.24. The highest BCUT2D eigenvalue weighted by atomic mass is 79.9. The van der Waals surface area contributed by atoms with Gasteiger partial charge in [0.25, 0.3) is 0 Å². The molecule has 0 aliphatic heterocycles. The van der Waals surface area contributed by atoms with Gasteiger partial charge in [-0.25, -0.2) is 0 Å². The minimum Gasteiger partial charge on any atom is -0.355 e. The Hall–Kier alpha value is -0.830. The molecular weight excluding hydrogens is 314 g/mol. The predicted molar refractivity (Wildman–Crippen MR) is 89.2 cm³/mol. The second-order valence-corrected chi connectivity index (χ2v) is 6.41. The van der Waals surface area contributed by atoms with Crippen LogP contribution in [0.1, 0.15) is 45.1 Å². The van der Waals surface area contributed by atoms with Gasteiger partial charge in [-0.1, -0.05) is 73.0 Å². The molecule has 20 heavy (non-hydrogen) atoms. The number of carbonyl (C=O) groups is 1. The van der Waals surface area contributed by atoms with Crippen LogP contribution in [0, 0.1) is 5.92 Å². The molecule has 2 nitrogen and oxygen atoms in total. The Kier molecular flexibility index (Phi) is 8.59. The lowest BCUT2D eigenvalue weighted by atomic mass is 9.99. The van der Waals surface area contributed by atoms with E-state index in [1.807, 2.05) is 18.2 Å². The number of hydrogen-bond donors (Lipinski definition) is 1. The molecule has 0 bridgehead atoms. The maximum absolute atomic E-state index is 11.8. The molecule has 3 heteroatoms. The van der Waals surface area contributed by atoms with Crippen molar-refractivity contribution in [2.45, 2.75) is 50.8 Å². The zero-order valence-electron chi connectivity index (χ0n) is 12.6. The van der Waals surface area contributed by atoms with E-state index in [0.717, 1.165) is 32.2 Å². The van der Waals surface area contributed by atoms with Crippen LogP contribution in [-0.4, -0.2) is 17.3 Å². The van der Waals surface area contributed by atoms with Crippen molar-refractivity contribution in [3.63, 3.8) is 0 Å². The molecule has 0 saturated carbocycles. The average molecular weight is 340 g/mol. The molecule has 0 fully saturated rings. The van der Waals surface area contributed by atoms with E-state index in [1.54, 1.807) is 0 Å². The largest absolute Gasteiger partial charge is 0.355 e. The normalized spacial score (nSPS) is 12.4. The van der Waals surface area contributed by atoms with Crippen molar-refractivity contribution in [1.82, 2.24) is 5.32 Å². The SMILES string of the molecule is CCC(CC)C(Br)CNC(=O)CCCc1ccccc1. The third-order valence-electron chi connectivity index (χ3n) is 3.77. The molecule has 1 aromatic carbocycles. The summed E-state index contributed by atoms with van der Waals surface area (Å²) in [4.78, 5) is 12.2. The standard InChI is InChI=1S/C17H26BrNO/c1-3-15(4-2)16(18)13-19-17(20)12-8-11-14-9-6-5-7-10-14/h5-7,9-10,15-16H,3-4,8,11-13H2,1-2H3,(H,19,20). The fraction of sp³-hybridized carbons (Fsp3) is 0.588. The Morgan fingerprint density at radius 3 is 2.45 bits per heavy atom. The van der Waals surface area contributed by atoms with E-state index in [9.17, 15) is 4.79 Å². The maximum Gasteiger partial charge on any atom is 0.220 e. The van der Waals surface area contributed by atoms with Crippen LogP contribution in [0.25, 0.3) is 0 Å². The molecular formula is C17H26BrNO. The lowest BCUT2D eigenvalue weighted by Crippen LogP contribution is -2.32. The first-order valence-corrected chi connectivity index (χ1v) is 8.53. The van der Waals surface area contributed by atoms with Gasteiger partial charge in [0.2, 0.25) is 5.91 Å². The second kappa shape index (κ2) is 9.98. The molecule has 0 radical (unpaired) electrons. The third-order valence-corrected chi connectivity index (χ3v) is 4.84. The third kappa shape index (κ3) is 6.56. The molecule has 0 spiro atoms. The molecule has 0 aliphatic carbocycles. The molecule has 0 aliphatic rings. The van der Waals surface area contributed by atoms with Crippen molar-refractivity contribution >= 4 is 21.8 Å². The van der Waals surface area contributed by atoms with Crippen molar-refractivity contribution in [3.8, 4) is 0 Å². The van der Waals surface area contributed by atoms with Crippen LogP contribution >= 0.6 is 15.9 Å². The zero-order chi connectivity index (χ0) is 14.8. The molecule has 1 amide bonds. The molecule has 1 atom stereocenters. The highest BCUT2D eigenvalue weighted by Crippen LogP contribution is 2.19.